The van der Waals surface area contributed by atoms with Crippen molar-refractivity contribution in [1.29, 1.82) is 0 Å². The fourth-order valence-electron chi connectivity index (χ4n) is 2.80. The van der Waals surface area contributed by atoms with Crippen LogP contribution in [0.2, 0.25) is 0 Å². The van der Waals surface area contributed by atoms with Gasteiger partial charge in [0.15, 0.2) is 5.84 Å². The van der Waals surface area contributed by atoms with E-state index in [0.717, 1.165) is 4.47 Å². The van der Waals surface area contributed by atoms with E-state index in [0.29, 0.717) is 36.0 Å². The fourth-order valence-corrected chi connectivity index (χ4v) is 3.03. The molecule has 0 aliphatic heterocycles. The second kappa shape index (κ2) is 11.3. The van der Waals surface area contributed by atoms with Crippen molar-refractivity contribution in [3.63, 3.8) is 0 Å². The van der Waals surface area contributed by atoms with Crippen LogP contribution in [0.3, 0.4) is 0 Å². The van der Waals surface area contributed by atoms with Crippen molar-refractivity contribution in [2.45, 2.75) is 26.8 Å². The summed E-state index contributed by atoms with van der Waals surface area (Å²) in [6.07, 6.45) is 4.74. The topological polar surface area (TPSA) is 67.2 Å². The summed E-state index contributed by atoms with van der Waals surface area (Å²) in [5, 5.41) is 0. The average Bonchev–Trinajstić information content (AvgIpc) is 2.73. The number of aliphatic imine (C=N–C) groups is 2. The van der Waals surface area contributed by atoms with Crippen LogP contribution >= 0.6 is 15.9 Å². The molecule has 29 heavy (non-hydrogen) atoms. The standard InChI is InChI=1S/C22H25BrN4O2/c1-5-24-21(25-6-2)18-10-8-9-11-19(18)22(28)27(7-3)16(4)15-29-20-13-12-17(23)14-26-20/h5-6,8-14,16H,1,7,15H2,2-4H3/b24-21-,25-6-/t16-/m0/s1. The van der Waals surface area contributed by atoms with Crippen LogP contribution in [-0.2, 0) is 0 Å². The lowest BCUT2D eigenvalue weighted by Crippen LogP contribution is -2.42. The number of hydrogen-bond donors (Lipinski definition) is 0. The molecule has 0 unspecified atom stereocenters. The third-order valence-corrected chi connectivity index (χ3v) is 4.64. The van der Waals surface area contributed by atoms with Gasteiger partial charge in [0.2, 0.25) is 5.88 Å². The zero-order valence-electron chi connectivity index (χ0n) is 16.9. The maximum atomic E-state index is 13.3. The van der Waals surface area contributed by atoms with Gasteiger partial charge in [-0.05, 0) is 48.8 Å². The third-order valence-electron chi connectivity index (χ3n) is 4.17. The van der Waals surface area contributed by atoms with Gasteiger partial charge in [0.25, 0.3) is 5.91 Å². The summed E-state index contributed by atoms with van der Waals surface area (Å²) < 4.78 is 6.64. The lowest BCUT2D eigenvalue weighted by molar-refractivity contribution is 0.0646. The van der Waals surface area contributed by atoms with Gasteiger partial charge in [0.1, 0.15) is 6.61 Å². The van der Waals surface area contributed by atoms with Crippen LogP contribution < -0.4 is 4.74 Å². The summed E-state index contributed by atoms with van der Waals surface area (Å²) >= 11 is 3.35. The molecule has 0 spiro atoms. The second-order valence-electron chi connectivity index (χ2n) is 6.13. The number of amidine groups is 1. The van der Waals surface area contributed by atoms with Crippen molar-refractivity contribution in [2.24, 2.45) is 9.98 Å². The lowest BCUT2D eigenvalue weighted by atomic mass is 10.0. The summed E-state index contributed by atoms with van der Waals surface area (Å²) in [5.41, 5.74) is 1.20. The molecule has 0 saturated carbocycles. The number of benzene rings is 1. The Balaban J connectivity index is 2.23. The summed E-state index contributed by atoms with van der Waals surface area (Å²) in [5.74, 6) is 0.859. The number of ether oxygens (including phenoxy) is 1. The lowest BCUT2D eigenvalue weighted by Gasteiger charge is -2.28. The zero-order valence-corrected chi connectivity index (χ0v) is 18.5. The normalized spacial score (nSPS) is 12.6. The first-order valence-corrected chi connectivity index (χ1v) is 10.1. The van der Waals surface area contributed by atoms with E-state index in [1.807, 2.05) is 38.1 Å². The molecule has 0 aliphatic rings. The number of amides is 1. The molecule has 1 heterocycles. The second-order valence-corrected chi connectivity index (χ2v) is 7.05. The fraction of sp³-hybridized carbons (Fsp3) is 0.273. The third kappa shape index (κ3) is 6.09. The molecule has 1 amide bonds. The van der Waals surface area contributed by atoms with Crippen molar-refractivity contribution in [3.8, 4) is 5.88 Å². The Labute approximate surface area is 180 Å². The Morgan fingerprint density at radius 2 is 2.03 bits per heavy atom. The minimum absolute atomic E-state index is 0.106. The van der Waals surface area contributed by atoms with E-state index in [9.17, 15) is 4.79 Å². The molecule has 0 bridgehead atoms. The largest absolute Gasteiger partial charge is 0.475 e. The molecule has 1 aromatic heterocycles. The monoisotopic (exact) mass is 456 g/mol. The molecule has 6 nitrogen and oxygen atoms in total. The molecule has 1 atom stereocenters. The van der Waals surface area contributed by atoms with Gasteiger partial charge in [0.05, 0.1) is 11.6 Å². The van der Waals surface area contributed by atoms with Crippen molar-refractivity contribution in [2.75, 3.05) is 13.2 Å². The molecule has 152 valence electrons. The van der Waals surface area contributed by atoms with E-state index in [1.165, 1.54) is 6.20 Å². The van der Waals surface area contributed by atoms with E-state index in [2.05, 4.69) is 37.5 Å². The molecule has 7 heteroatoms. The predicted molar refractivity (Wildman–Crippen MR) is 121 cm³/mol. The van der Waals surface area contributed by atoms with Gasteiger partial charge >= 0.3 is 0 Å². The maximum Gasteiger partial charge on any atom is 0.254 e. The van der Waals surface area contributed by atoms with E-state index in [-0.39, 0.29) is 11.9 Å². The van der Waals surface area contributed by atoms with Crippen LogP contribution in [0.1, 0.15) is 36.7 Å². The maximum absolute atomic E-state index is 13.3. The van der Waals surface area contributed by atoms with Crippen LogP contribution in [0, 0.1) is 0 Å². The number of rotatable bonds is 8. The van der Waals surface area contributed by atoms with Gasteiger partial charge in [-0.2, -0.15) is 0 Å². The summed E-state index contributed by atoms with van der Waals surface area (Å²) in [4.78, 5) is 27.8. The van der Waals surface area contributed by atoms with E-state index in [1.54, 1.807) is 36.4 Å². The first-order chi connectivity index (χ1) is 14.0. The molecular formula is C22H25BrN4O2. The molecular weight excluding hydrogens is 432 g/mol. The Bertz CT molecular complexity index is 894. The van der Waals surface area contributed by atoms with Crippen LogP contribution in [0.25, 0.3) is 0 Å². The minimum atomic E-state index is -0.152. The molecule has 2 rings (SSSR count). The predicted octanol–water partition coefficient (Wildman–Crippen LogP) is 4.75. The van der Waals surface area contributed by atoms with E-state index < -0.39 is 0 Å². The highest BCUT2D eigenvalue weighted by Gasteiger charge is 2.24. The molecule has 0 N–H and O–H groups in total. The number of nitrogens with zero attached hydrogens (tertiary/aromatic N) is 4. The molecule has 2 aromatic rings. The Hall–Kier alpha value is -2.80. The Kier molecular flexibility index (Phi) is 8.73. The summed E-state index contributed by atoms with van der Waals surface area (Å²) in [6, 6.07) is 10.8. The van der Waals surface area contributed by atoms with Crippen molar-refractivity contribution >= 4 is 33.9 Å². The van der Waals surface area contributed by atoms with Crippen molar-refractivity contribution < 1.29 is 9.53 Å². The average molecular weight is 457 g/mol. The van der Waals surface area contributed by atoms with Crippen LogP contribution in [0.15, 0.2) is 69.8 Å². The molecule has 1 aromatic carbocycles. The highest BCUT2D eigenvalue weighted by molar-refractivity contribution is 9.10. The van der Waals surface area contributed by atoms with Gasteiger partial charge in [-0.3, -0.25) is 4.79 Å². The van der Waals surface area contributed by atoms with Crippen LogP contribution in [0.4, 0.5) is 0 Å². The molecule has 0 aliphatic carbocycles. The number of hydrogen-bond acceptors (Lipinski definition) is 4. The first kappa shape index (κ1) is 22.5. The number of pyridine rings is 1. The summed E-state index contributed by atoms with van der Waals surface area (Å²) in [7, 11) is 0. The number of aromatic nitrogens is 1. The first-order valence-electron chi connectivity index (χ1n) is 9.33. The van der Waals surface area contributed by atoms with Crippen LogP contribution in [-0.4, -0.2) is 47.0 Å². The highest BCUT2D eigenvalue weighted by atomic mass is 79.9. The smallest absolute Gasteiger partial charge is 0.254 e. The van der Waals surface area contributed by atoms with Gasteiger partial charge < -0.3 is 9.64 Å². The Morgan fingerprint density at radius 1 is 1.31 bits per heavy atom. The number of likely N-dealkylation sites (N-methyl/N-ethyl adjacent to an activating group) is 1. The van der Waals surface area contributed by atoms with E-state index in [4.69, 9.17) is 4.74 Å². The SMILES string of the molecule is C=C/N=C(\N=C/C)c1ccccc1C(=O)N(CC)[C@@H](C)COc1ccc(Br)cn1. The highest BCUT2D eigenvalue weighted by Crippen LogP contribution is 2.17. The Morgan fingerprint density at radius 3 is 2.62 bits per heavy atom. The van der Waals surface area contributed by atoms with Gasteiger partial charge in [-0.15, -0.1) is 0 Å². The minimum Gasteiger partial charge on any atom is -0.475 e. The number of carbonyl (C=O) groups is 1. The van der Waals surface area contributed by atoms with Crippen LogP contribution in [0.5, 0.6) is 5.88 Å². The van der Waals surface area contributed by atoms with Crippen molar-refractivity contribution in [3.05, 3.63) is 71.0 Å². The van der Waals surface area contributed by atoms with E-state index >= 15 is 0 Å². The zero-order chi connectivity index (χ0) is 21.2. The number of halogens is 1. The molecule has 0 radical (unpaired) electrons. The van der Waals surface area contributed by atoms with Crippen molar-refractivity contribution in [1.82, 2.24) is 9.88 Å². The molecule has 0 saturated heterocycles. The quantitative estimate of drug-likeness (QED) is 0.424. The molecule has 0 fully saturated rings. The van der Waals surface area contributed by atoms with Gasteiger partial charge in [0, 0.05) is 41.3 Å². The van der Waals surface area contributed by atoms with Gasteiger partial charge in [-0.1, -0.05) is 24.8 Å². The summed E-state index contributed by atoms with van der Waals surface area (Å²) in [6.45, 7) is 10.2. The number of carbonyl (C=O) groups excluding carboxylic acids is 1. The van der Waals surface area contributed by atoms with Gasteiger partial charge in [-0.25, -0.2) is 15.0 Å².